The minimum Gasteiger partial charge on any atom is -0.475 e. The summed E-state index contributed by atoms with van der Waals surface area (Å²) >= 11 is 6.30. The number of pyridine rings is 1. The van der Waals surface area contributed by atoms with Gasteiger partial charge in [0.15, 0.2) is 8.32 Å². The van der Waals surface area contributed by atoms with Crippen molar-refractivity contribution in [2.75, 3.05) is 18.5 Å². The number of alkyl halides is 1. The molecule has 1 heterocycles. The molecule has 1 aliphatic carbocycles. The van der Waals surface area contributed by atoms with E-state index in [1.54, 1.807) is 13.0 Å². The number of ether oxygens (including phenoxy) is 1. The third-order valence-corrected chi connectivity index (χ3v) is 11.6. The maximum atomic E-state index is 13.7. The molecule has 1 aliphatic rings. The predicted octanol–water partition coefficient (Wildman–Crippen LogP) is 7.12. The van der Waals surface area contributed by atoms with Crippen molar-refractivity contribution in [1.82, 2.24) is 10.3 Å². The Labute approximate surface area is 214 Å². The zero-order chi connectivity index (χ0) is 26.0. The van der Waals surface area contributed by atoms with E-state index in [9.17, 15) is 9.18 Å². The number of carbonyl (C=O) groups is 1. The number of hydrogen-bond donors (Lipinski definition) is 2. The Kier molecular flexibility index (Phi) is 8.18. The van der Waals surface area contributed by atoms with Crippen LogP contribution < -0.4 is 15.4 Å². The van der Waals surface area contributed by atoms with E-state index in [4.69, 9.17) is 20.8 Å². The highest BCUT2D eigenvalue weighted by Crippen LogP contribution is 2.37. The zero-order valence-corrected chi connectivity index (χ0v) is 23.5. The molecule has 2 N–H and O–H groups in total. The Bertz CT molecular complexity index is 1060. The summed E-state index contributed by atoms with van der Waals surface area (Å²) in [6, 6.07) is 8.74. The summed E-state index contributed by atoms with van der Waals surface area (Å²) in [5.74, 6) is 0.418. The molecule has 0 spiro atoms. The molecular weight excluding hydrogens is 485 g/mol. The minimum absolute atomic E-state index is 0.133. The van der Waals surface area contributed by atoms with Crippen LogP contribution in [0.1, 0.15) is 46.1 Å². The smallest absolute Gasteiger partial charge is 0.319 e. The van der Waals surface area contributed by atoms with Gasteiger partial charge < -0.3 is 19.8 Å². The highest BCUT2D eigenvalue weighted by atomic mass is 35.5. The molecule has 2 amide bonds. The normalized spacial score (nSPS) is 20.2. The van der Waals surface area contributed by atoms with Gasteiger partial charge in [0.25, 0.3) is 0 Å². The van der Waals surface area contributed by atoms with E-state index in [0.717, 1.165) is 16.7 Å². The second-order valence-electron chi connectivity index (χ2n) is 11.1. The van der Waals surface area contributed by atoms with Crippen molar-refractivity contribution in [1.29, 1.82) is 0 Å². The third-order valence-electron chi connectivity index (χ3n) is 6.86. The number of carbonyl (C=O) groups excluding carboxylic acids is 1. The monoisotopic (exact) mass is 521 g/mol. The Morgan fingerprint density at radius 3 is 2.54 bits per heavy atom. The fourth-order valence-corrected chi connectivity index (χ4v) is 5.02. The second-order valence-corrected chi connectivity index (χ2v) is 16.3. The van der Waals surface area contributed by atoms with Gasteiger partial charge in [-0.3, -0.25) is 0 Å². The summed E-state index contributed by atoms with van der Waals surface area (Å²) in [5, 5.41) is 6.10. The van der Waals surface area contributed by atoms with Crippen LogP contribution in [0.5, 0.6) is 5.88 Å². The van der Waals surface area contributed by atoms with Crippen molar-refractivity contribution in [3.8, 4) is 17.0 Å². The SMILES string of the molecule is Cc1ccc(NC(=O)NC2CC(C)(F)C2)cc1-c1cc(Cl)nc(OCCO[Si](C)(C)C(C)(C)C)c1. The highest BCUT2D eigenvalue weighted by Gasteiger charge is 2.41. The average Bonchev–Trinajstić information content (AvgIpc) is 2.70. The lowest BCUT2D eigenvalue weighted by atomic mass is 9.79. The summed E-state index contributed by atoms with van der Waals surface area (Å²) in [4.78, 5) is 16.6. The number of urea groups is 1. The van der Waals surface area contributed by atoms with Crippen LogP contribution in [0, 0.1) is 6.92 Å². The van der Waals surface area contributed by atoms with E-state index in [1.165, 1.54) is 0 Å². The van der Waals surface area contributed by atoms with Gasteiger partial charge in [0.2, 0.25) is 5.88 Å². The quantitative estimate of drug-likeness (QED) is 0.220. The van der Waals surface area contributed by atoms with Crippen molar-refractivity contribution in [3.63, 3.8) is 0 Å². The fraction of sp³-hybridized carbons (Fsp3) is 0.538. The van der Waals surface area contributed by atoms with Crippen LogP contribution >= 0.6 is 11.6 Å². The van der Waals surface area contributed by atoms with Crippen LogP contribution in [-0.4, -0.2) is 44.3 Å². The molecule has 3 rings (SSSR count). The number of aryl methyl sites for hydroxylation is 1. The molecule has 0 bridgehead atoms. The number of nitrogens with zero attached hydrogens (tertiary/aromatic N) is 1. The van der Waals surface area contributed by atoms with E-state index in [0.29, 0.717) is 42.8 Å². The van der Waals surface area contributed by atoms with E-state index < -0.39 is 14.0 Å². The first kappa shape index (κ1) is 27.4. The Balaban J connectivity index is 1.65. The van der Waals surface area contributed by atoms with Gasteiger partial charge >= 0.3 is 6.03 Å². The summed E-state index contributed by atoms with van der Waals surface area (Å²) in [6.07, 6.45) is 0.664. The van der Waals surface area contributed by atoms with Crippen molar-refractivity contribution >= 4 is 31.6 Å². The summed E-state index contributed by atoms with van der Waals surface area (Å²) in [7, 11) is -1.85. The average molecular weight is 522 g/mol. The standard InChI is InChI=1S/C26H37ClFN3O3Si/c1-17-8-9-19(29-24(32)30-20-15-26(5,28)16-20)14-21(17)18-12-22(27)31-23(13-18)33-10-11-34-35(6,7)25(2,3)4/h8-9,12-14,20H,10-11,15-16H2,1-7H3,(H2,29,30,32). The Morgan fingerprint density at radius 2 is 1.91 bits per heavy atom. The van der Waals surface area contributed by atoms with Gasteiger partial charge in [-0.25, -0.2) is 14.2 Å². The van der Waals surface area contributed by atoms with E-state index in [1.807, 2.05) is 31.2 Å². The number of amides is 2. The molecule has 0 radical (unpaired) electrons. The van der Waals surface area contributed by atoms with Crippen LogP contribution in [0.2, 0.25) is 23.3 Å². The molecule has 35 heavy (non-hydrogen) atoms. The van der Waals surface area contributed by atoms with E-state index in [-0.39, 0.29) is 17.1 Å². The maximum absolute atomic E-state index is 13.7. The van der Waals surface area contributed by atoms with Crippen molar-refractivity contribution < 1.29 is 18.3 Å². The molecule has 9 heteroatoms. The van der Waals surface area contributed by atoms with Gasteiger partial charge in [-0.2, -0.15) is 0 Å². The second kappa shape index (κ2) is 10.4. The van der Waals surface area contributed by atoms with Gasteiger partial charge in [-0.05, 0) is 66.9 Å². The van der Waals surface area contributed by atoms with Gasteiger partial charge in [-0.1, -0.05) is 38.4 Å². The van der Waals surface area contributed by atoms with E-state index >= 15 is 0 Å². The van der Waals surface area contributed by atoms with Gasteiger partial charge in [0, 0.05) is 30.6 Å². The maximum Gasteiger partial charge on any atom is 0.319 e. The van der Waals surface area contributed by atoms with Gasteiger partial charge in [0.05, 0.1) is 6.61 Å². The largest absolute Gasteiger partial charge is 0.475 e. The minimum atomic E-state index is -1.85. The van der Waals surface area contributed by atoms with Gasteiger partial charge in [-0.15, -0.1) is 0 Å². The van der Waals surface area contributed by atoms with Crippen molar-refractivity contribution in [2.24, 2.45) is 0 Å². The first-order chi connectivity index (χ1) is 16.1. The number of aromatic nitrogens is 1. The summed E-state index contributed by atoms with van der Waals surface area (Å²) in [5.41, 5.74) is 2.18. The molecule has 0 unspecified atom stereocenters. The first-order valence-corrected chi connectivity index (χ1v) is 15.3. The van der Waals surface area contributed by atoms with Crippen molar-refractivity contribution in [2.45, 2.75) is 77.3 Å². The number of hydrogen-bond acceptors (Lipinski definition) is 4. The zero-order valence-electron chi connectivity index (χ0n) is 21.7. The Morgan fingerprint density at radius 1 is 1.23 bits per heavy atom. The molecule has 1 aromatic heterocycles. The molecule has 1 fully saturated rings. The third kappa shape index (κ3) is 7.41. The van der Waals surface area contributed by atoms with Gasteiger partial charge in [0.1, 0.15) is 17.4 Å². The summed E-state index contributed by atoms with van der Waals surface area (Å²) in [6.45, 7) is 15.4. The lowest BCUT2D eigenvalue weighted by Crippen LogP contribution is -2.52. The predicted molar refractivity (Wildman–Crippen MR) is 143 cm³/mol. The van der Waals surface area contributed by atoms with Crippen LogP contribution in [-0.2, 0) is 4.43 Å². The molecule has 0 saturated heterocycles. The fourth-order valence-electron chi connectivity index (χ4n) is 3.79. The number of anilines is 1. The lowest BCUT2D eigenvalue weighted by Gasteiger charge is -2.38. The molecule has 1 aromatic carbocycles. The van der Waals surface area contributed by atoms with Crippen LogP contribution in [0.25, 0.3) is 11.1 Å². The number of benzene rings is 1. The molecule has 1 saturated carbocycles. The van der Waals surface area contributed by atoms with Crippen LogP contribution in [0.4, 0.5) is 14.9 Å². The van der Waals surface area contributed by atoms with Crippen LogP contribution in [0.15, 0.2) is 30.3 Å². The molecule has 0 atom stereocenters. The Hall–Kier alpha value is -2.16. The first-order valence-electron chi connectivity index (χ1n) is 12.0. The number of nitrogens with one attached hydrogen (secondary N) is 2. The summed E-state index contributed by atoms with van der Waals surface area (Å²) < 4.78 is 25.7. The van der Waals surface area contributed by atoms with E-state index in [2.05, 4.69) is 49.5 Å². The molecule has 2 aromatic rings. The molecule has 6 nitrogen and oxygen atoms in total. The highest BCUT2D eigenvalue weighted by molar-refractivity contribution is 6.74. The van der Waals surface area contributed by atoms with Crippen LogP contribution in [0.3, 0.4) is 0 Å². The topological polar surface area (TPSA) is 72.5 Å². The van der Waals surface area contributed by atoms with Crippen molar-refractivity contribution in [3.05, 3.63) is 41.0 Å². The molecule has 0 aliphatic heterocycles. The molecular formula is C26H37ClFN3O3Si. The lowest BCUT2D eigenvalue weighted by molar-refractivity contribution is 0.0534. The number of rotatable bonds is 8. The molecule has 192 valence electrons. The number of halogens is 2.